The second kappa shape index (κ2) is 7.86. The first-order valence-electron chi connectivity index (χ1n) is 10.3. The fraction of sp³-hybridized carbons (Fsp3) is 0.900. The van der Waals surface area contributed by atoms with Crippen molar-refractivity contribution in [2.45, 2.75) is 83.9 Å². The highest BCUT2D eigenvalue weighted by molar-refractivity contribution is 7.87. The lowest BCUT2D eigenvalue weighted by Gasteiger charge is -2.43. The molecule has 0 aromatic rings. The SMILES string of the molecule is C[C@H](CO[Si](C)(C)C(C)(C)C)[C@H]1CCC2C(OS(=O)(=O)C(F)(F)F)=CCC[C@@]21C. The van der Waals surface area contributed by atoms with Gasteiger partial charge in [-0.25, -0.2) is 0 Å². The van der Waals surface area contributed by atoms with E-state index in [1.807, 2.05) is 0 Å². The van der Waals surface area contributed by atoms with Crippen LogP contribution in [0.25, 0.3) is 0 Å². The van der Waals surface area contributed by atoms with Crippen molar-refractivity contribution >= 4 is 18.4 Å². The predicted octanol–water partition coefficient (Wildman–Crippen LogP) is 6.22. The van der Waals surface area contributed by atoms with Crippen molar-refractivity contribution in [3.63, 3.8) is 0 Å². The number of hydrogen-bond acceptors (Lipinski definition) is 4. The summed E-state index contributed by atoms with van der Waals surface area (Å²) in [6, 6.07) is 0. The van der Waals surface area contributed by atoms with Crippen LogP contribution in [-0.4, -0.2) is 28.9 Å². The second-order valence-electron chi connectivity index (χ2n) is 10.4. The molecular formula is C20H35F3O4SSi. The van der Waals surface area contributed by atoms with E-state index in [0.29, 0.717) is 19.4 Å². The van der Waals surface area contributed by atoms with E-state index in [2.05, 4.69) is 51.9 Å². The Hall–Kier alpha value is -0.543. The minimum atomic E-state index is -5.63. The maximum absolute atomic E-state index is 12.8. The monoisotopic (exact) mass is 456 g/mol. The predicted molar refractivity (Wildman–Crippen MR) is 110 cm³/mol. The fourth-order valence-corrected chi connectivity index (χ4v) is 6.28. The van der Waals surface area contributed by atoms with Gasteiger partial charge in [-0.05, 0) is 67.1 Å². The Morgan fingerprint density at radius 1 is 1.24 bits per heavy atom. The maximum atomic E-state index is 12.8. The zero-order valence-corrected chi connectivity index (χ0v) is 20.3. The minimum Gasteiger partial charge on any atom is -0.417 e. The van der Waals surface area contributed by atoms with Crippen LogP contribution in [0.15, 0.2) is 11.8 Å². The van der Waals surface area contributed by atoms with Gasteiger partial charge in [0.05, 0.1) is 0 Å². The average Bonchev–Trinajstić information content (AvgIpc) is 2.88. The Kier molecular flexibility index (Phi) is 6.70. The third-order valence-corrected chi connectivity index (χ3v) is 13.0. The van der Waals surface area contributed by atoms with Gasteiger partial charge in [-0.3, -0.25) is 0 Å². The summed E-state index contributed by atoms with van der Waals surface area (Å²) in [4.78, 5) is 0. The Bertz CT molecular complexity index is 740. The lowest BCUT2D eigenvalue weighted by molar-refractivity contribution is -0.0537. The molecule has 170 valence electrons. The zero-order chi connectivity index (χ0) is 22.5. The highest BCUT2D eigenvalue weighted by Crippen LogP contribution is 2.58. The van der Waals surface area contributed by atoms with Gasteiger partial charge in [0.25, 0.3) is 0 Å². The molecule has 29 heavy (non-hydrogen) atoms. The van der Waals surface area contributed by atoms with Gasteiger partial charge in [0.15, 0.2) is 8.32 Å². The molecule has 0 N–H and O–H groups in total. The molecule has 1 fully saturated rings. The summed E-state index contributed by atoms with van der Waals surface area (Å²) in [6.07, 6.45) is 4.31. The summed E-state index contributed by atoms with van der Waals surface area (Å²) >= 11 is 0. The maximum Gasteiger partial charge on any atom is 0.534 e. The number of rotatable bonds is 6. The number of allylic oxidation sites excluding steroid dienone is 2. The van der Waals surface area contributed by atoms with Gasteiger partial charge < -0.3 is 8.61 Å². The topological polar surface area (TPSA) is 52.6 Å². The smallest absolute Gasteiger partial charge is 0.417 e. The number of hydrogen-bond donors (Lipinski definition) is 0. The van der Waals surface area contributed by atoms with Crippen LogP contribution in [0.3, 0.4) is 0 Å². The van der Waals surface area contributed by atoms with Crippen LogP contribution in [-0.2, 0) is 18.7 Å². The third-order valence-electron chi connectivity index (χ3n) is 7.47. The average molecular weight is 457 g/mol. The molecule has 0 bridgehead atoms. The molecule has 0 aliphatic heterocycles. The molecule has 0 saturated heterocycles. The highest BCUT2D eigenvalue weighted by Gasteiger charge is 2.55. The van der Waals surface area contributed by atoms with Gasteiger partial charge in [-0.2, -0.15) is 21.6 Å². The summed E-state index contributed by atoms with van der Waals surface area (Å²) in [7, 11) is -7.53. The van der Waals surface area contributed by atoms with E-state index in [9.17, 15) is 21.6 Å². The van der Waals surface area contributed by atoms with Crippen LogP contribution in [0, 0.1) is 23.2 Å². The zero-order valence-electron chi connectivity index (χ0n) is 18.5. The number of halogens is 3. The Labute approximate surface area is 174 Å². The molecule has 0 radical (unpaired) electrons. The molecule has 2 aliphatic rings. The first kappa shape index (κ1) is 24.7. The van der Waals surface area contributed by atoms with Crippen molar-refractivity contribution in [1.29, 1.82) is 0 Å². The van der Waals surface area contributed by atoms with Gasteiger partial charge in [0.2, 0.25) is 0 Å². The first-order chi connectivity index (χ1) is 12.9. The standard InChI is InChI=1S/C20H35F3O4SSi/c1-14(13-26-29(6,7)18(2,3)4)15-10-11-16-17(9-8-12-19(15,16)5)27-28(24,25)20(21,22)23/h9,14-16H,8,10-13H2,1-7H3/t14-,15-,16?,19-/m1/s1. The molecule has 2 aliphatic carbocycles. The lowest BCUT2D eigenvalue weighted by atomic mass is 9.64. The summed E-state index contributed by atoms with van der Waals surface area (Å²) < 4.78 is 72.4. The van der Waals surface area contributed by atoms with E-state index in [0.717, 1.165) is 12.8 Å². The van der Waals surface area contributed by atoms with Crippen molar-refractivity contribution in [2.24, 2.45) is 23.2 Å². The molecule has 0 aromatic heterocycles. The fourth-order valence-electron chi connectivity index (χ4n) is 4.63. The van der Waals surface area contributed by atoms with Gasteiger partial charge in [-0.1, -0.05) is 34.6 Å². The van der Waals surface area contributed by atoms with Gasteiger partial charge in [0.1, 0.15) is 5.76 Å². The summed E-state index contributed by atoms with van der Waals surface area (Å²) in [5.74, 6) is 0.139. The Morgan fingerprint density at radius 2 is 1.83 bits per heavy atom. The molecule has 2 rings (SSSR count). The minimum absolute atomic E-state index is 0.0314. The molecule has 1 saturated carbocycles. The summed E-state index contributed by atoms with van der Waals surface area (Å²) in [6.45, 7) is 15.8. The van der Waals surface area contributed by atoms with Crippen LogP contribution in [0.1, 0.15) is 60.3 Å². The molecule has 0 aromatic carbocycles. The second-order valence-corrected chi connectivity index (χ2v) is 16.8. The van der Waals surface area contributed by atoms with E-state index in [1.54, 1.807) is 0 Å². The lowest BCUT2D eigenvalue weighted by Crippen LogP contribution is -2.43. The number of alkyl halides is 3. The van der Waals surface area contributed by atoms with Crippen LogP contribution in [0.4, 0.5) is 13.2 Å². The Morgan fingerprint density at radius 3 is 2.34 bits per heavy atom. The van der Waals surface area contributed by atoms with Crippen LogP contribution in [0.2, 0.25) is 18.1 Å². The molecular weight excluding hydrogens is 421 g/mol. The van der Waals surface area contributed by atoms with E-state index in [-0.39, 0.29) is 34.0 Å². The van der Waals surface area contributed by atoms with Crippen molar-refractivity contribution in [3.8, 4) is 0 Å². The molecule has 4 nitrogen and oxygen atoms in total. The van der Waals surface area contributed by atoms with E-state index in [4.69, 9.17) is 4.43 Å². The van der Waals surface area contributed by atoms with Crippen LogP contribution < -0.4 is 0 Å². The Balaban J connectivity index is 2.14. The first-order valence-corrected chi connectivity index (χ1v) is 14.6. The molecule has 1 unspecified atom stereocenters. The highest BCUT2D eigenvalue weighted by atomic mass is 32.2. The largest absolute Gasteiger partial charge is 0.534 e. The van der Waals surface area contributed by atoms with Crippen LogP contribution in [0.5, 0.6) is 0 Å². The van der Waals surface area contributed by atoms with E-state index >= 15 is 0 Å². The normalized spacial score (nSPS) is 29.9. The summed E-state index contributed by atoms with van der Waals surface area (Å²) in [5.41, 5.74) is -5.70. The quantitative estimate of drug-likeness (QED) is 0.270. The van der Waals surface area contributed by atoms with Gasteiger partial charge >= 0.3 is 15.6 Å². The number of fused-ring (bicyclic) bond motifs is 1. The van der Waals surface area contributed by atoms with Crippen molar-refractivity contribution in [1.82, 2.24) is 0 Å². The van der Waals surface area contributed by atoms with Crippen molar-refractivity contribution < 1.29 is 30.2 Å². The van der Waals surface area contributed by atoms with E-state index < -0.39 is 23.9 Å². The van der Waals surface area contributed by atoms with Gasteiger partial charge in [0, 0.05) is 12.5 Å². The van der Waals surface area contributed by atoms with Crippen molar-refractivity contribution in [2.75, 3.05) is 6.61 Å². The molecule has 0 amide bonds. The van der Waals surface area contributed by atoms with Crippen molar-refractivity contribution in [3.05, 3.63) is 11.8 Å². The molecule has 4 atom stereocenters. The van der Waals surface area contributed by atoms with Gasteiger partial charge in [-0.15, -0.1) is 0 Å². The summed E-state index contributed by atoms with van der Waals surface area (Å²) in [5, 5.41) is 0.107. The van der Waals surface area contributed by atoms with E-state index in [1.165, 1.54) is 6.08 Å². The third kappa shape index (κ3) is 4.87. The molecule has 0 heterocycles. The molecule has 9 heteroatoms. The van der Waals surface area contributed by atoms with Crippen LogP contribution >= 0.6 is 0 Å². The molecule has 0 spiro atoms.